The first-order valence-electron chi connectivity index (χ1n) is 6.32. The molecule has 100 valence electrons. The van der Waals surface area contributed by atoms with Gasteiger partial charge in [0, 0.05) is 13.1 Å². The fourth-order valence-corrected chi connectivity index (χ4v) is 2.09. The Morgan fingerprint density at radius 3 is 2.89 bits per heavy atom. The second-order valence-electron chi connectivity index (χ2n) is 4.58. The maximum absolute atomic E-state index is 11.9. The van der Waals surface area contributed by atoms with Crippen LogP contribution in [0.5, 0.6) is 0 Å². The number of rotatable bonds is 4. The first kappa shape index (κ1) is 14.4. The molecule has 0 aromatic carbocycles. The lowest BCUT2D eigenvalue weighted by atomic mass is 9.99. The van der Waals surface area contributed by atoms with Crippen molar-refractivity contribution >= 4 is 12.0 Å². The molecule has 1 fully saturated rings. The topological polar surface area (TPSA) is 69.6 Å². The summed E-state index contributed by atoms with van der Waals surface area (Å²) < 4.78 is 0. The molecule has 18 heavy (non-hydrogen) atoms. The van der Waals surface area contributed by atoms with Crippen LogP contribution in [0.15, 0.2) is 0 Å². The van der Waals surface area contributed by atoms with Crippen LogP contribution in [0.2, 0.25) is 0 Å². The summed E-state index contributed by atoms with van der Waals surface area (Å²) in [5.41, 5.74) is 0. The molecule has 1 aliphatic rings. The summed E-state index contributed by atoms with van der Waals surface area (Å²) >= 11 is 0. The van der Waals surface area contributed by atoms with Crippen LogP contribution >= 0.6 is 0 Å². The van der Waals surface area contributed by atoms with E-state index in [1.54, 1.807) is 4.90 Å². The molecule has 0 aliphatic carbocycles. The van der Waals surface area contributed by atoms with E-state index in [0.717, 1.165) is 19.3 Å². The highest BCUT2D eigenvalue weighted by molar-refractivity contribution is 5.77. The van der Waals surface area contributed by atoms with E-state index in [1.165, 1.54) is 0 Å². The van der Waals surface area contributed by atoms with E-state index in [-0.39, 0.29) is 18.6 Å². The van der Waals surface area contributed by atoms with Gasteiger partial charge in [0.2, 0.25) is 0 Å². The maximum atomic E-state index is 11.9. The van der Waals surface area contributed by atoms with Crippen LogP contribution in [0, 0.1) is 18.3 Å². The van der Waals surface area contributed by atoms with Crippen molar-refractivity contribution < 1.29 is 14.7 Å². The second kappa shape index (κ2) is 6.90. The molecule has 2 atom stereocenters. The number of aliphatic carboxylic acids is 1. The monoisotopic (exact) mass is 252 g/mol. The number of terminal acetylenes is 1. The van der Waals surface area contributed by atoms with Crippen LogP contribution in [0.4, 0.5) is 4.79 Å². The van der Waals surface area contributed by atoms with Gasteiger partial charge in [-0.15, -0.1) is 6.42 Å². The Bertz CT molecular complexity index is 349. The lowest BCUT2D eigenvalue weighted by Gasteiger charge is -2.31. The molecule has 1 saturated heterocycles. The molecule has 1 rings (SSSR count). The van der Waals surface area contributed by atoms with Gasteiger partial charge in [-0.25, -0.2) is 4.79 Å². The molecule has 0 aromatic rings. The molecular weight excluding hydrogens is 232 g/mol. The lowest BCUT2D eigenvalue weighted by molar-refractivity contribution is -0.143. The maximum Gasteiger partial charge on any atom is 0.318 e. The molecule has 5 nitrogen and oxygen atoms in total. The standard InChI is InChI=1S/C13H20N2O3/c1-3-6-11(4-2)14-13(18)15-8-5-7-10(9-15)12(16)17/h2,10-11H,3,5-9H2,1H3,(H,14,18)(H,16,17). The highest BCUT2D eigenvalue weighted by atomic mass is 16.4. The molecule has 0 spiro atoms. The number of nitrogens with zero attached hydrogens (tertiary/aromatic N) is 1. The van der Waals surface area contributed by atoms with Gasteiger partial charge in [0.25, 0.3) is 0 Å². The Morgan fingerprint density at radius 2 is 2.33 bits per heavy atom. The predicted octanol–water partition coefficient (Wildman–Crippen LogP) is 1.29. The van der Waals surface area contributed by atoms with Crippen LogP contribution in [0.25, 0.3) is 0 Å². The summed E-state index contributed by atoms with van der Waals surface area (Å²) in [4.78, 5) is 24.4. The minimum absolute atomic E-state index is 0.252. The molecule has 2 N–H and O–H groups in total. The average Bonchev–Trinajstić information content (AvgIpc) is 2.38. The molecule has 5 heteroatoms. The fourth-order valence-electron chi connectivity index (χ4n) is 2.09. The second-order valence-corrected chi connectivity index (χ2v) is 4.58. The van der Waals surface area contributed by atoms with Crippen LogP contribution < -0.4 is 5.32 Å². The molecule has 0 radical (unpaired) electrons. The molecule has 0 aromatic heterocycles. The number of amides is 2. The third-order valence-corrected chi connectivity index (χ3v) is 3.13. The molecule has 1 heterocycles. The number of piperidine rings is 1. The van der Waals surface area contributed by atoms with Crippen molar-refractivity contribution in [1.82, 2.24) is 10.2 Å². The van der Waals surface area contributed by atoms with E-state index in [9.17, 15) is 9.59 Å². The number of carbonyl (C=O) groups is 2. The van der Waals surface area contributed by atoms with E-state index in [0.29, 0.717) is 13.0 Å². The molecule has 0 bridgehead atoms. The van der Waals surface area contributed by atoms with Crippen molar-refractivity contribution in [1.29, 1.82) is 0 Å². The van der Waals surface area contributed by atoms with Gasteiger partial charge in [0.15, 0.2) is 0 Å². The summed E-state index contributed by atoms with van der Waals surface area (Å²) in [6.07, 6.45) is 8.32. The highest BCUT2D eigenvalue weighted by Gasteiger charge is 2.28. The van der Waals surface area contributed by atoms with Crippen LogP contribution in [0.1, 0.15) is 32.6 Å². The van der Waals surface area contributed by atoms with Crippen LogP contribution in [0.3, 0.4) is 0 Å². The minimum atomic E-state index is -0.838. The van der Waals surface area contributed by atoms with Gasteiger partial charge in [-0.1, -0.05) is 19.3 Å². The van der Waals surface area contributed by atoms with Gasteiger partial charge < -0.3 is 15.3 Å². The summed E-state index contributed by atoms with van der Waals surface area (Å²) in [5.74, 6) is 1.24. The zero-order valence-electron chi connectivity index (χ0n) is 10.7. The van der Waals surface area contributed by atoms with Gasteiger partial charge in [-0.05, 0) is 19.3 Å². The van der Waals surface area contributed by atoms with Gasteiger partial charge in [0.05, 0.1) is 12.0 Å². The van der Waals surface area contributed by atoms with Crippen molar-refractivity contribution in [2.24, 2.45) is 5.92 Å². The number of hydrogen-bond donors (Lipinski definition) is 2. The van der Waals surface area contributed by atoms with E-state index in [1.807, 2.05) is 6.92 Å². The van der Waals surface area contributed by atoms with Crippen LogP contribution in [-0.2, 0) is 4.79 Å². The molecule has 0 saturated carbocycles. The van der Waals surface area contributed by atoms with Crippen molar-refractivity contribution in [3.05, 3.63) is 0 Å². The quantitative estimate of drug-likeness (QED) is 0.741. The number of carboxylic acid groups (broad SMARTS) is 1. The Hall–Kier alpha value is -1.70. The first-order valence-corrected chi connectivity index (χ1v) is 6.32. The summed E-state index contributed by atoms with van der Waals surface area (Å²) in [6, 6.07) is -0.523. The Labute approximate surface area is 108 Å². The van der Waals surface area contributed by atoms with Crippen molar-refractivity contribution in [3.8, 4) is 12.3 Å². The smallest absolute Gasteiger partial charge is 0.318 e. The number of hydrogen-bond acceptors (Lipinski definition) is 2. The van der Waals surface area contributed by atoms with Crippen molar-refractivity contribution in [2.45, 2.75) is 38.6 Å². The minimum Gasteiger partial charge on any atom is -0.481 e. The largest absolute Gasteiger partial charge is 0.481 e. The van der Waals surface area contributed by atoms with E-state index < -0.39 is 11.9 Å². The Balaban J connectivity index is 2.51. The lowest BCUT2D eigenvalue weighted by Crippen LogP contribution is -2.49. The first-order chi connectivity index (χ1) is 8.58. The SMILES string of the molecule is C#CC(CCC)NC(=O)N1CCCC(C(=O)O)C1. The Kier molecular flexibility index (Phi) is 5.50. The summed E-state index contributed by atoms with van der Waals surface area (Å²) in [6.45, 7) is 2.86. The van der Waals surface area contributed by atoms with E-state index in [4.69, 9.17) is 11.5 Å². The fraction of sp³-hybridized carbons (Fsp3) is 0.692. The molecule has 1 aliphatic heterocycles. The number of nitrogens with one attached hydrogen (secondary N) is 1. The van der Waals surface area contributed by atoms with Gasteiger partial charge in [0.1, 0.15) is 0 Å². The molecule has 2 unspecified atom stereocenters. The third-order valence-electron chi connectivity index (χ3n) is 3.13. The van der Waals surface area contributed by atoms with E-state index >= 15 is 0 Å². The summed E-state index contributed by atoms with van der Waals surface area (Å²) in [5, 5.41) is 11.7. The number of carbonyl (C=O) groups excluding carboxylic acids is 1. The van der Waals surface area contributed by atoms with Gasteiger partial charge in [-0.2, -0.15) is 0 Å². The normalized spacial score (nSPS) is 20.9. The van der Waals surface area contributed by atoms with E-state index in [2.05, 4.69) is 11.2 Å². The van der Waals surface area contributed by atoms with Crippen LogP contribution in [-0.4, -0.2) is 41.1 Å². The highest BCUT2D eigenvalue weighted by Crippen LogP contribution is 2.16. The zero-order chi connectivity index (χ0) is 13.5. The number of likely N-dealkylation sites (tertiary alicyclic amines) is 1. The average molecular weight is 252 g/mol. The van der Waals surface area contributed by atoms with Crippen molar-refractivity contribution in [2.75, 3.05) is 13.1 Å². The number of carboxylic acids is 1. The summed E-state index contributed by atoms with van der Waals surface area (Å²) in [7, 11) is 0. The predicted molar refractivity (Wildman–Crippen MR) is 68.0 cm³/mol. The Morgan fingerprint density at radius 1 is 1.61 bits per heavy atom. The zero-order valence-corrected chi connectivity index (χ0v) is 10.7. The van der Waals surface area contributed by atoms with Gasteiger partial charge in [-0.3, -0.25) is 4.79 Å². The van der Waals surface area contributed by atoms with Crippen molar-refractivity contribution in [3.63, 3.8) is 0 Å². The molecular formula is C13H20N2O3. The number of urea groups is 1. The van der Waals surface area contributed by atoms with Gasteiger partial charge >= 0.3 is 12.0 Å². The molecule has 2 amide bonds. The third kappa shape index (κ3) is 3.95.